The number of nitrogens with zero attached hydrogens (tertiary/aromatic N) is 4. The first-order valence-corrected chi connectivity index (χ1v) is 21.9. The average molecular weight is 867 g/mol. The maximum absolute atomic E-state index is 14.2. The molecule has 0 aliphatic carbocycles. The number of nitrogens with one attached hydrogen (secondary N) is 4. The van der Waals surface area contributed by atoms with Crippen LogP contribution in [-0.2, 0) is 25.6 Å². The normalized spacial score (nSPS) is 15.2. The number of methoxy groups -OCH3 is 2. The van der Waals surface area contributed by atoms with Crippen molar-refractivity contribution in [2.24, 2.45) is 11.8 Å². The summed E-state index contributed by atoms with van der Waals surface area (Å²) in [4.78, 5) is 72.1. The summed E-state index contributed by atoms with van der Waals surface area (Å²) in [5, 5.41) is 7.61. The highest BCUT2D eigenvalue weighted by Gasteiger charge is 2.38. The van der Waals surface area contributed by atoms with Crippen molar-refractivity contribution in [2.45, 2.75) is 85.1 Å². The van der Waals surface area contributed by atoms with Gasteiger partial charge in [0.15, 0.2) is 0 Å². The Labute approximate surface area is 374 Å². The standard InChI is InChI=1S/C50H58N8O6/c1-29(2)43(55-49(61)63-7)47(59)57-23-11-14-42(57)46-52-27-41(54-46)38-22-21-36-24-35(19-20-37(36)25-38)33-15-17-34(18-16-33)40-26-51-45(53-40)32(6)58(28-39-13-10-9-12-31(39)5)48(60)44(30(3)4)56-50(62)64-8/h9-10,12-13,15-22,24-27,29-30,32,42-44H,11,14,23,28H2,1-8H3,(H,51,53)(H,52,54)(H,55,61)(H,56,62)/t32?,42-,43?,44-/m0/s1. The lowest BCUT2D eigenvalue weighted by atomic mass is 9.98. The molecule has 4 aromatic carbocycles. The molecule has 7 rings (SSSR count). The van der Waals surface area contributed by atoms with Crippen molar-refractivity contribution < 1.29 is 28.7 Å². The predicted octanol–water partition coefficient (Wildman–Crippen LogP) is 9.11. The number of hydrogen-bond acceptors (Lipinski definition) is 8. The van der Waals surface area contributed by atoms with Gasteiger partial charge in [-0.25, -0.2) is 19.6 Å². The van der Waals surface area contributed by atoms with Crippen LogP contribution in [0.3, 0.4) is 0 Å². The zero-order valence-corrected chi connectivity index (χ0v) is 37.8. The third kappa shape index (κ3) is 9.80. The summed E-state index contributed by atoms with van der Waals surface area (Å²) in [6.45, 7) is 12.5. The summed E-state index contributed by atoms with van der Waals surface area (Å²) in [7, 11) is 2.58. The third-order valence-corrected chi connectivity index (χ3v) is 12.3. The van der Waals surface area contributed by atoms with E-state index in [2.05, 4.69) is 81.3 Å². The van der Waals surface area contributed by atoms with Crippen molar-refractivity contribution in [1.29, 1.82) is 0 Å². The van der Waals surface area contributed by atoms with Gasteiger partial charge in [0.2, 0.25) is 11.8 Å². The minimum Gasteiger partial charge on any atom is -0.453 e. The number of ether oxygens (including phenoxy) is 2. The van der Waals surface area contributed by atoms with Gasteiger partial charge in [-0.3, -0.25) is 9.59 Å². The second kappa shape index (κ2) is 19.6. The molecular weight excluding hydrogens is 809 g/mol. The molecule has 2 aromatic heterocycles. The molecule has 3 heterocycles. The Balaban J connectivity index is 1.05. The van der Waals surface area contributed by atoms with Crippen LogP contribution in [-0.4, -0.2) is 86.6 Å². The highest BCUT2D eigenvalue weighted by Crippen LogP contribution is 2.35. The minimum absolute atomic E-state index is 0.111. The number of amides is 4. The van der Waals surface area contributed by atoms with Gasteiger partial charge in [-0.05, 0) is 89.2 Å². The number of benzene rings is 4. The van der Waals surface area contributed by atoms with E-state index in [1.807, 2.05) is 76.9 Å². The number of aromatic amines is 2. The molecule has 1 saturated heterocycles. The summed E-state index contributed by atoms with van der Waals surface area (Å²) >= 11 is 0. The van der Waals surface area contributed by atoms with E-state index < -0.39 is 30.3 Å². The van der Waals surface area contributed by atoms with E-state index in [4.69, 9.17) is 19.4 Å². The van der Waals surface area contributed by atoms with Crippen LogP contribution in [0.5, 0.6) is 0 Å². The maximum atomic E-state index is 14.2. The van der Waals surface area contributed by atoms with E-state index in [0.29, 0.717) is 18.9 Å². The summed E-state index contributed by atoms with van der Waals surface area (Å²) < 4.78 is 9.63. The first-order valence-electron chi connectivity index (χ1n) is 21.9. The number of fused-ring (bicyclic) bond motifs is 1. The van der Waals surface area contributed by atoms with Gasteiger partial charge in [0.05, 0.1) is 50.1 Å². The lowest BCUT2D eigenvalue weighted by Crippen LogP contribution is -2.51. The number of carbonyl (C=O) groups excluding carboxylic acids is 4. The smallest absolute Gasteiger partial charge is 0.407 e. The monoisotopic (exact) mass is 866 g/mol. The van der Waals surface area contributed by atoms with E-state index in [9.17, 15) is 19.2 Å². The molecule has 1 fully saturated rings. The van der Waals surface area contributed by atoms with Crippen molar-refractivity contribution >= 4 is 34.8 Å². The Morgan fingerprint density at radius 2 is 1.31 bits per heavy atom. The summed E-state index contributed by atoms with van der Waals surface area (Å²) in [6.07, 6.45) is 3.94. The lowest BCUT2D eigenvalue weighted by Gasteiger charge is -2.33. The zero-order valence-electron chi connectivity index (χ0n) is 37.8. The van der Waals surface area contributed by atoms with Crippen LogP contribution in [0.25, 0.3) is 44.4 Å². The molecule has 0 radical (unpaired) electrons. The van der Waals surface area contributed by atoms with Gasteiger partial charge in [0.25, 0.3) is 0 Å². The molecule has 4 atom stereocenters. The highest BCUT2D eigenvalue weighted by atomic mass is 16.5. The molecular formula is C50H58N8O6. The number of alkyl carbamates (subject to hydrolysis) is 2. The Morgan fingerprint density at radius 1 is 0.734 bits per heavy atom. The number of aryl methyl sites for hydroxylation is 1. The summed E-state index contributed by atoms with van der Waals surface area (Å²) in [5.74, 6) is 0.687. The largest absolute Gasteiger partial charge is 0.453 e. The molecule has 0 saturated carbocycles. The van der Waals surface area contributed by atoms with Crippen LogP contribution in [0.15, 0.2) is 97.3 Å². The molecule has 14 nitrogen and oxygen atoms in total. The maximum Gasteiger partial charge on any atom is 0.407 e. The van der Waals surface area contributed by atoms with Crippen LogP contribution >= 0.6 is 0 Å². The molecule has 1 aliphatic heterocycles. The van der Waals surface area contributed by atoms with Crippen LogP contribution < -0.4 is 10.6 Å². The van der Waals surface area contributed by atoms with Gasteiger partial charge in [-0.15, -0.1) is 0 Å². The van der Waals surface area contributed by atoms with Crippen molar-refractivity contribution in [3.05, 3.63) is 120 Å². The fraction of sp³-hybridized carbons (Fsp3) is 0.360. The number of rotatable bonds is 14. The fourth-order valence-electron chi connectivity index (χ4n) is 8.38. The van der Waals surface area contributed by atoms with E-state index in [-0.39, 0.29) is 29.7 Å². The van der Waals surface area contributed by atoms with Crippen molar-refractivity contribution in [1.82, 2.24) is 40.4 Å². The van der Waals surface area contributed by atoms with Crippen molar-refractivity contribution in [3.8, 4) is 33.6 Å². The molecule has 0 spiro atoms. The number of H-pyrrole nitrogens is 2. The molecule has 2 unspecified atom stereocenters. The van der Waals surface area contributed by atoms with Crippen molar-refractivity contribution in [2.75, 3.05) is 20.8 Å². The SMILES string of the molecule is COC(=O)NC(C(=O)N1CCC[C@H]1c1ncc(-c2ccc3cc(-c4ccc(-c5cnc(C(C)N(Cc6ccccc6C)C(=O)[C@@H](NC(=O)OC)C(C)C)[nH]5)cc4)ccc3c2)[nH]1)C(C)C. The molecule has 4 N–H and O–H groups in total. The van der Waals surface area contributed by atoms with Gasteiger partial charge in [0.1, 0.15) is 23.7 Å². The topological polar surface area (TPSA) is 175 Å². The molecule has 64 heavy (non-hydrogen) atoms. The highest BCUT2D eigenvalue weighted by molar-refractivity contribution is 5.91. The third-order valence-electron chi connectivity index (χ3n) is 12.3. The Bertz CT molecular complexity index is 2620. The van der Waals surface area contributed by atoms with Crippen molar-refractivity contribution in [3.63, 3.8) is 0 Å². The van der Waals surface area contributed by atoms with Crippen LogP contribution in [0, 0.1) is 18.8 Å². The van der Waals surface area contributed by atoms with E-state index >= 15 is 0 Å². The number of imidazole rings is 2. The molecule has 1 aliphatic rings. The van der Waals surface area contributed by atoms with E-state index in [1.54, 1.807) is 11.1 Å². The van der Waals surface area contributed by atoms with Crippen LogP contribution in [0.4, 0.5) is 9.59 Å². The van der Waals surface area contributed by atoms with Gasteiger partial charge in [-0.2, -0.15) is 0 Å². The molecule has 14 heteroatoms. The number of aromatic nitrogens is 4. The molecule has 334 valence electrons. The Kier molecular flexibility index (Phi) is 13.8. The number of likely N-dealkylation sites (tertiary alicyclic amines) is 1. The van der Waals surface area contributed by atoms with E-state index in [0.717, 1.165) is 74.2 Å². The fourth-order valence-corrected chi connectivity index (χ4v) is 8.38. The number of carbonyl (C=O) groups is 4. The number of hydrogen-bond donors (Lipinski definition) is 4. The Morgan fingerprint density at radius 3 is 1.97 bits per heavy atom. The minimum atomic E-state index is -0.792. The average Bonchev–Trinajstić information content (AvgIpc) is 4.11. The quantitative estimate of drug-likeness (QED) is 0.0839. The lowest BCUT2D eigenvalue weighted by molar-refractivity contribution is -0.137. The van der Waals surface area contributed by atoms with Gasteiger partial charge < -0.3 is 39.9 Å². The van der Waals surface area contributed by atoms with E-state index in [1.165, 1.54) is 14.2 Å². The van der Waals surface area contributed by atoms with Crippen LogP contribution in [0.2, 0.25) is 0 Å². The summed E-state index contributed by atoms with van der Waals surface area (Å²) in [5.41, 5.74) is 7.82. The Hall–Kier alpha value is -6.96. The van der Waals surface area contributed by atoms with Crippen LogP contribution in [0.1, 0.15) is 82.3 Å². The predicted molar refractivity (Wildman–Crippen MR) is 247 cm³/mol. The molecule has 0 bridgehead atoms. The molecule has 4 amide bonds. The second-order valence-corrected chi connectivity index (χ2v) is 17.2. The van der Waals surface area contributed by atoms with Gasteiger partial charge in [-0.1, -0.05) is 100 Å². The van der Waals surface area contributed by atoms with Gasteiger partial charge in [0, 0.05) is 18.7 Å². The second-order valence-electron chi connectivity index (χ2n) is 17.2. The first-order chi connectivity index (χ1) is 30.8. The van der Waals surface area contributed by atoms with Gasteiger partial charge >= 0.3 is 12.2 Å². The summed E-state index contributed by atoms with van der Waals surface area (Å²) in [6, 6.07) is 26.8. The first kappa shape index (κ1) is 45.1. The molecule has 6 aromatic rings. The zero-order chi connectivity index (χ0) is 45.7.